The van der Waals surface area contributed by atoms with Gasteiger partial charge in [-0.15, -0.1) is 23.1 Å². The van der Waals surface area contributed by atoms with Gasteiger partial charge in [-0.25, -0.2) is 9.78 Å². The lowest BCUT2D eigenvalue weighted by molar-refractivity contribution is -0.153. The summed E-state index contributed by atoms with van der Waals surface area (Å²) in [5.41, 5.74) is -0.375. The summed E-state index contributed by atoms with van der Waals surface area (Å²) in [4.78, 5) is 60.5. The molecule has 0 radical (unpaired) electrons. The maximum absolute atomic E-state index is 13.3. The van der Waals surface area contributed by atoms with E-state index in [9.17, 15) is 19.2 Å². The van der Waals surface area contributed by atoms with Crippen molar-refractivity contribution in [3.63, 3.8) is 0 Å². The normalized spacial score (nSPS) is 23.7. The van der Waals surface area contributed by atoms with Crippen molar-refractivity contribution in [1.82, 2.24) is 15.6 Å². The van der Waals surface area contributed by atoms with Crippen LogP contribution in [0.4, 0.5) is 0 Å². The van der Waals surface area contributed by atoms with Crippen molar-refractivity contribution >= 4 is 51.9 Å². The summed E-state index contributed by atoms with van der Waals surface area (Å²) in [6.07, 6.45) is 8.52. The quantitative estimate of drug-likeness (QED) is 0.216. The molecule has 0 spiro atoms. The molecule has 41 heavy (non-hydrogen) atoms. The van der Waals surface area contributed by atoms with Crippen LogP contribution >= 0.6 is 23.1 Å². The van der Waals surface area contributed by atoms with Gasteiger partial charge in [0.05, 0.1) is 19.6 Å². The van der Waals surface area contributed by atoms with Gasteiger partial charge in [0.15, 0.2) is 0 Å². The van der Waals surface area contributed by atoms with Gasteiger partial charge in [0, 0.05) is 17.6 Å². The molecule has 3 heterocycles. The van der Waals surface area contributed by atoms with Crippen molar-refractivity contribution in [2.75, 3.05) is 12.4 Å². The van der Waals surface area contributed by atoms with E-state index in [1.165, 1.54) is 29.5 Å². The maximum Gasteiger partial charge on any atom is 0.329 e. The average Bonchev–Trinajstić information content (AvgIpc) is 3.56. The minimum Gasteiger partial charge on any atom is -0.465 e. The average molecular weight is 607 g/mol. The summed E-state index contributed by atoms with van der Waals surface area (Å²) < 4.78 is 11.0. The molecule has 226 valence electrons. The Hall–Kier alpha value is -2.73. The van der Waals surface area contributed by atoms with Crippen molar-refractivity contribution < 1.29 is 28.7 Å². The largest absolute Gasteiger partial charge is 0.465 e. The van der Waals surface area contributed by atoms with E-state index >= 15 is 0 Å². The molecular formula is C29H42N4O6S2. The molecule has 0 aliphatic carbocycles. The Kier molecular flexibility index (Phi) is 12.8. The number of aliphatic imine (C=N–C) groups is 1. The monoisotopic (exact) mass is 606 g/mol. The lowest BCUT2D eigenvalue weighted by atomic mass is 10.0. The zero-order chi connectivity index (χ0) is 29.8. The van der Waals surface area contributed by atoms with Crippen molar-refractivity contribution in [2.45, 2.75) is 103 Å². The lowest BCUT2D eigenvalue weighted by Crippen LogP contribution is -2.53. The number of fused-ring (bicyclic) bond motifs is 4. The van der Waals surface area contributed by atoms with Crippen LogP contribution in [0.1, 0.15) is 89.8 Å². The van der Waals surface area contributed by atoms with Crippen molar-refractivity contribution in [1.29, 1.82) is 0 Å². The van der Waals surface area contributed by atoms with Gasteiger partial charge in [-0.1, -0.05) is 52.5 Å². The van der Waals surface area contributed by atoms with Gasteiger partial charge in [-0.05, 0) is 31.8 Å². The molecule has 2 aliphatic rings. The number of esters is 2. The fourth-order valence-corrected chi connectivity index (χ4v) is 6.19. The van der Waals surface area contributed by atoms with E-state index in [1.807, 2.05) is 19.2 Å². The van der Waals surface area contributed by atoms with Gasteiger partial charge in [0.2, 0.25) is 11.8 Å². The number of hydrogen-bond donors (Lipinski definition) is 2. The fraction of sp³-hybridized carbons (Fsp3) is 0.655. The van der Waals surface area contributed by atoms with E-state index in [-0.39, 0.29) is 43.3 Å². The van der Waals surface area contributed by atoms with E-state index in [0.29, 0.717) is 34.3 Å². The van der Waals surface area contributed by atoms with Crippen LogP contribution in [0.3, 0.4) is 0 Å². The predicted molar refractivity (Wildman–Crippen MR) is 161 cm³/mol. The van der Waals surface area contributed by atoms with Crippen LogP contribution in [0.25, 0.3) is 0 Å². The van der Waals surface area contributed by atoms with E-state index < -0.39 is 23.7 Å². The van der Waals surface area contributed by atoms with Gasteiger partial charge in [0.25, 0.3) is 0 Å². The number of hydrogen-bond acceptors (Lipinski definition) is 10. The molecule has 4 bridgehead atoms. The first-order valence-corrected chi connectivity index (χ1v) is 16.3. The first-order valence-electron chi connectivity index (χ1n) is 14.4. The molecule has 0 fully saturated rings. The van der Waals surface area contributed by atoms with Crippen molar-refractivity contribution in [3.8, 4) is 0 Å². The maximum atomic E-state index is 13.3. The third-order valence-electron chi connectivity index (χ3n) is 6.78. The zero-order valence-electron chi connectivity index (χ0n) is 24.4. The Morgan fingerprint density at radius 2 is 2.02 bits per heavy atom. The molecule has 12 heteroatoms. The van der Waals surface area contributed by atoms with Gasteiger partial charge in [0.1, 0.15) is 33.4 Å². The molecule has 1 aromatic heterocycles. The van der Waals surface area contributed by atoms with Crippen molar-refractivity contribution in [2.24, 2.45) is 10.9 Å². The first kappa shape index (κ1) is 32.8. The fourth-order valence-electron chi connectivity index (χ4n) is 4.26. The minimum atomic E-state index is -1.05. The molecule has 2 aliphatic heterocycles. The summed E-state index contributed by atoms with van der Waals surface area (Å²) in [5.74, 6) is -1.36. The molecule has 0 unspecified atom stereocenters. The number of amides is 2. The van der Waals surface area contributed by atoms with Gasteiger partial charge >= 0.3 is 11.9 Å². The summed E-state index contributed by atoms with van der Waals surface area (Å²) in [6.45, 7) is 7.96. The molecule has 10 nitrogen and oxygen atoms in total. The minimum absolute atomic E-state index is 0.100. The van der Waals surface area contributed by atoms with Crippen LogP contribution < -0.4 is 10.6 Å². The Bertz CT molecular complexity index is 1130. The molecule has 0 saturated heterocycles. The highest BCUT2D eigenvalue weighted by molar-refractivity contribution is 8.14. The van der Waals surface area contributed by atoms with Gasteiger partial charge < -0.3 is 20.1 Å². The molecule has 1 aromatic rings. The number of ether oxygens (including phenoxy) is 2. The Balaban J connectivity index is 1.66. The van der Waals surface area contributed by atoms with Gasteiger partial charge in [-0.2, -0.15) is 0 Å². The molecule has 3 rings (SSSR count). The standard InChI is InChI=1S/C29H42N4O6S2/c1-5-6-7-8-9-13-24(35)38-14-11-10-12-20-15-22(34)30-16-23-31-21(17-40-23)26-33-29(4,18-41-26)28(37)32-25(19(2)3)27(36)39-20/h10,12,17,19-20,25H,5-9,11,13-16,18H2,1-4H3,(H,30,34)(H,32,37)/b12-10+/t20-,25+,29+/m1/s1. The number of carbonyl (C=O) groups is 4. The third kappa shape index (κ3) is 10.2. The Morgan fingerprint density at radius 1 is 1.24 bits per heavy atom. The molecular weight excluding hydrogens is 564 g/mol. The second kappa shape index (κ2) is 16.1. The summed E-state index contributed by atoms with van der Waals surface area (Å²) in [7, 11) is 0. The molecule has 0 aromatic carbocycles. The number of nitrogens with zero attached hydrogens (tertiary/aromatic N) is 2. The van der Waals surface area contributed by atoms with E-state index in [4.69, 9.17) is 9.47 Å². The molecule has 2 N–H and O–H groups in total. The Labute approximate surface area is 250 Å². The second-order valence-corrected chi connectivity index (χ2v) is 12.8. The van der Waals surface area contributed by atoms with E-state index in [2.05, 4.69) is 27.5 Å². The number of carbonyl (C=O) groups excluding carboxylic acids is 4. The zero-order valence-corrected chi connectivity index (χ0v) is 26.0. The number of nitrogens with one attached hydrogen (secondary N) is 2. The second-order valence-electron chi connectivity index (χ2n) is 10.9. The van der Waals surface area contributed by atoms with E-state index in [1.54, 1.807) is 19.1 Å². The van der Waals surface area contributed by atoms with Crippen LogP contribution in [0, 0.1) is 5.92 Å². The number of thiazole rings is 1. The summed E-state index contributed by atoms with van der Waals surface area (Å²) in [6, 6.07) is -0.917. The third-order valence-corrected chi connectivity index (χ3v) is 8.91. The molecule has 3 atom stereocenters. The first-order chi connectivity index (χ1) is 19.6. The molecule has 2 amide bonds. The van der Waals surface area contributed by atoms with Crippen LogP contribution in [0.15, 0.2) is 22.5 Å². The number of cyclic esters (lactones) is 1. The van der Waals surface area contributed by atoms with Gasteiger partial charge in [-0.3, -0.25) is 19.4 Å². The van der Waals surface area contributed by atoms with Crippen LogP contribution in [0.2, 0.25) is 0 Å². The lowest BCUT2D eigenvalue weighted by Gasteiger charge is -2.27. The highest BCUT2D eigenvalue weighted by Gasteiger charge is 2.41. The summed E-state index contributed by atoms with van der Waals surface area (Å²) in [5, 5.41) is 8.91. The number of unbranched alkanes of at least 4 members (excludes halogenated alkanes) is 4. The van der Waals surface area contributed by atoms with Crippen molar-refractivity contribution in [3.05, 3.63) is 28.2 Å². The molecule has 0 saturated carbocycles. The summed E-state index contributed by atoms with van der Waals surface area (Å²) >= 11 is 2.84. The van der Waals surface area contributed by atoms with Crippen LogP contribution in [-0.4, -0.2) is 63.8 Å². The highest BCUT2D eigenvalue weighted by Crippen LogP contribution is 2.32. The Morgan fingerprint density at radius 3 is 2.78 bits per heavy atom. The highest BCUT2D eigenvalue weighted by atomic mass is 32.2. The van der Waals surface area contributed by atoms with E-state index in [0.717, 1.165) is 25.7 Å². The number of thioether (sulfide) groups is 1. The number of aromatic nitrogens is 1. The predicted octanol–water partition coefficient (Wildman–Crippen LogP) is 4.32. The SMILES string of the molecule is CCCCCCCC(=O)OCC/C=C/[C@@H]1CC(=O)NCc2nc(cs2)C2=N[C@@](C)(CS2)C(=O)N[C@@H](C(C)C)C(=O)O1. The van der Waals surface area contributed by atoms with Crippen LogP contribution in [0.5, 0.6) is 0 Å². The topological polar surface area (TPSA) is 136 Å². The van der Waals surface area contributed by atoms with Crippen LogP contribution in [-0.2, 0) is 35.2 Å². The number of rotatable bonds is 11. The smallest absolute Gasteiger partial charge is 0.329 e.